The number of hydrogen-bond acceptors (Lipinski definition) is 1. The fourth-order valence-electron chi connectivity index (χ4n) is 2.14. The van der Waals surface area contributed by atoms with Gasteiger partial charge in [0.25, 0.3) is 0 Å². The van der Waals surface area contributed by atoms with Crippen LogP contribution < -0.4 is 4.74 Å². The van der Waals surface area contributed by atoms with Gasteiger partial charge < -0.3 is 4.74 Å². The number of alkyl halides is 1. The minimum absolute atomic E-state index is 0.226. The Morgan fingerprint density at radius 2 is 1.67 bits per heavy atom. The Hall–Kier alpha value is -1.42. The van der Waals surface area contributed by atoms with Gasteiger partial charge in [0.1, 0.15) is 5.75 Å². The van der Waals surface area contributed by atoms with Crippen LogP contribution >= 0.6 is 15.9 Å². The number of methoxy groups -OCH3 is 1. The maximum Gasteiger partial charge on any atom is 0.159 e. The van der Waals surface area contributed by atoms with Crippen molar-refractivity contribution in [1.82, 2.24) is 0 Å². The lowest BCUT2D eigenvalue weighted by molar-refractivity contribution is 0.414. The number of aryl methyl sites for hydroxylation is 1. The highest BCUT2D eigenvalue weighted by Gasteiger charge is 2.09. The molecule has 0 radical (unpaired) electrons. The third kappa shape index (κ3) is 4.81. The topological polar surface area (TPSA) is 9.23 Å². The van der Waals surface area contributed by atoms with Crippen molar-refractivity contribution in [2.75, 3.05) is 7.11 Å². The van der Waals surface area contributed by atoms with Crippen molar-refractivity contribution in [2.45, 2.75) is 24.1 Å². The maximum atomic E-state index is 13.1. The van der Waals surface area contributed by atoms with Gasteiger partial charge in [-0.15, -0.1) is 0 Å². The second-order valence-electron chi connectivity index (χ2n) is 4.94. The zero-order valence-corrected chi connectivity index (χ0v) is 13.4. The summed E-state index contributed by atoms with van der Waals surface area (Å²) in [5.74, 6) is -0.749. The molecule has 2 aromatic carbocycles. The van der Waals surface area contributed by atoms with Crippen molar-refractivity contribution in [3.05, 3.63) is 65.2 Å². The van der Waals surface area contributed by atoms with Crippen molar-refractivity contribution < 1.29 is 13.5 Å². The van der Waals surface area contributed by atoms with Crippen LogP contribution in [-0.4, -0.2) is 11.9 Å². The van der Waals surface area contributed by atoms with E-state index in [1.54, 1.807) is 13.2 Å². The van der Waals surface area contributed by atoms with Crippen molar-refractivity contribution in [1.29, 1.82) is 0 Å². The Morgan fingerprint density at radius 1 is 1.00 bits per heavy atom. The fraction of sp³-hybridized carbons (Fsp3) is 0.294. The third-order valence-corrected chi connectivity index (χ3v) is 4.13. The van der Waals surface area contributed by atoms with Crippen molar-refractivity contribution >= 4 is 15.9 Å². The molecule has 1 unspecified atom stereocenters. The van der Waals surface area contributed by atoms with E-state index >= 15 is 0 Å². The van der Waals surface area contributed by atoms with Crippen molar-refractivity contribution in [3.63, 3.8) is 0 Å². The Morgan fingerprint density at radius 3 is 2.29 bits per heavy atom. The van der Waals surface area contributed by atoms with Gasteiger partial charge in [0, 0.05) is 4.83 Å². The molecular weight excluding hydrogens is 338 g/mol. The number of halogens is 3. The molecule has 1 atom stereocenters. The number of benzene rings is 2. The molecule has 0 spiro atoms. The van der Waals surface area contributed by atoms with E-state index in [2.05, 4.69) is 15.9 Å². The van der Waals surface area contributed by atoms with Crippen LogP contribution in [-0.2, 0) is 12.8 Å². The van der Waals surface area contributed by atoms with Crippen molar-refractivity contribution in [3.8, 4) is 5.75 Å². The molecular formula is C17H17BrF2O. The molecule has 0 heterocycles. The normalized spacial score (nSPS) is 12.2. The van der Waals surface area contributed by atoms with Crippen LogP contribution in [0.15, 0.2) is 42.5 Å². The van der Waals surface area contributed by atoms with Crippen LogP contribution in [0.2, 0.25) is 0 Å². The van der Waals surface area contributed by atoms with Crippen LogP contribution in [0.25, 0.3) is 0 Å². The highest BCUT2D eigenvalue weighted by Crippen LogP contribution is 2.19. The average Bonchev–Trinajstić information content (AvgIpc) is 2.49. The van der Waals surface area contributed by atoms with E-state index in [0.29, 0.717) is 6.42 Å². The molecule has 0 N–H and O–H groups in total. The van der Waals surface area contributed by atoms with Gasteiger partial charge in [-0.1, -0.05) is 34.1 Å². The molecule has 112 valence electrons. The molecule has 1 nitrogen and oxygen atoms in total. The maximum absolute atomic E-state index is 13.1. The van der Waals surface area contributed by atoms with Gasteiger partial charge >= 0.3 is 0 Å². The lowest BCUT2D eigenvalue weighted by atomic mass is 10.0. The first-order valence-corrected chi connectivity index (χ1v) is 7.71. The Bertz CT molecular complexity index is 584. The smallest absolute Gasteiger partial charge is 0.159 e. The predicted molar refractivity (Wildman–Crippen MR) is 84.1 cm³/mol. The quantitative estimate of drug-likeness (QED) is 0.669. The van der Waals surface area contributed by atoms with Gasteiger partial charge in [-0.05, 0) is 54.7 Å². The molecule has 0 fully saturated rings. The van der Waals surface area contributed by atoms with Crippen LogP contribution in [0, 0.1) is 11.6 Å². The summed E-state index contributed by atoms with van der Waals surface area (Å²) in [6.07, 6.45) is 2.52. The zero-order valence-electron chi connectivity index (χ0n) is 11.8. The van der Waals surface area contributed by atoms with Gasteiger partial charge in [-0.25, -0.2) is 8.78 Å². The van der Waals surface area contributed by atoms with Crippen LogP contribution in [0.1, 0.15) is 17.5 Å². The highest BCUT2D eigenvalue weighted by atomic mass is 79.9. The predicted octanol–water partition coefficient (Wildman–Crippen LogP) is 4.91. The summed E-state index contributed by atoms with van der Waals surface area (Å²) in [6, 6.07) is 12.0. The SMILES string of the molecule is COc1ccc(CCC(Br)Cc2ccc(F)c(F)c2)cc1. The van der Waals surface area contributed by atoms with E-state index < -0.39 is 11.6 Å². The number of rotatable bonds is 6. The van der Waals surface area contributed by atoms with E-state index in [-0.39, 0.29) is 4.83 Å². The minimum atomic E-state index is -0.803. The largest absolute Gasteiger partial charge is 0.497 e. The Labute approximate surface area is 132 Å². The molecule has 4 heteroatoms. The van der Waals surface area contributed by atoms with E-state index in [0.717, 1.165) is 24.2 Å². The molecule has 0 amide bonds. The van der Waals surface area contributed by atoms with Gasteiger partial charge in [0.15, 0.2) is 11.6 Å². The van der Waals surface area contributed by atoms with E-state index in [1.165, 1.54) is 17.7 Å². The lowest BCUT2D eigenvalue weighted by Crippen LogP contribution is -2.05. The van der Waals surface area contributed by atoms with Gasteiger partial charge in [0.05, 0.1) is 7.11 Å². The standard InChI is InChI=1S/C17H17BrF2O/c1-21-15-7-3-12(4-8-15)2-6-14(18)10-13-5-9-16(19)17(20)11-13/h3-5,7-9,11,14H,2,6,10H2,1H3. The fourth-order valence-corrected chi connectivity index (χ4v) is 2.74. The van der Waals surface area contributed by atoms with Crippen molar-refractivity contribution in [2.24, 2.45) is 0 Å². The summed E-state index contributed by atoms with van der Waals surface area (Å²) < 4.78 is 31.1. The first-order chi connectivity index (χ1) is 10.1. The second-order valence-corrected chi connectivity index (χ2v) is 6.23. The first-order valence-electron chi connectivity index (χ1n) is 6.79. The number of hydrogen-bond donors (Lipinski definition) is 0. The third-order valence-electron chi connectivity index (χ3n) is 3.35. The van der Waals surface area contributed by atoms with Crippen LogP contribution in [0.4, 0.5) is 8.78 Å². The molecule has 2 rings (SSSR count). The van der Waals surface area contributed by atoms with Gasteiger partial charge in [-0.3, -0.25) is 0 Å². The average molecular weight is 355 g/mol. The molecule has 0 aromatic heterocycles. The molecule has 21 heavy (non-hydrogen) atoms. The Kier molecular flexibility index (Phi) is 5.74. The van der Waals surface area contributed by atoms with Crippen LogP contribution in [0.5, 0.6) is 5.75 Å². The molecule has 0 saturated carbocycles. The van der Waals surface area contributed by atoms with E-state index in [4.69, 9.17) is 4.74 Å². The van der Waals surface area contributed by atoms with E-state index in [9.17, 15) is 8.78 Å². The second kappa shape index (κ2) is 7.55. The first kappa shape index (κ1) is 16.0. The molecule has 0 aliphatic rings. The molecule has 2 aromatic rings. The molecule has 0 aliphatic heterocycles. The monoisotopic (exact) mass is 354 g/mol. The summed E-state index contributed by atoms with van der Waals surface area (Å²) in [4.78, 5) is 0.226. The molecule has 0 bridgehead atoms. The number of ether oxygens (including phenoxy) is 1. The van der Waals surface area contributed by atoms with Crippen LogP contribution in [0.3, 0.4) is 0 Å². The minimum Gasteiger partial charge on any atom is -0.497 e. The van der Waals surface area contributed by atoms with Gasteiger partial charge in [0.2, 0.25) is 0 Å². The summed E-state index contributed by atoms with van der Waals surface area (Å²) in [5, 5.41) is 0. The van der Waals surface area contributed by atoms with E-state index in [1.807, 2.05) is 24.3 Å². The Balaban J connectivity index is 1.86. The van der Waals surface area contributed by atoms with Gasteiger partial charge in [-0.2, -0.15) is 0 Å². The lowest BCUT2D eigenvalue weighted by Gasteiger charge is -2.10. The summed E-state index contributed by atoms with van der Waals surface area (Å²) >= 11 is 3.60. The molecule has 0 saturated heterocycles. The highest BCUT2D eigenvalue weighted by molar-refractivity contribution is 9.09. The molecule has 0 aliphatic carbocycles. The summed E-state index contributed by atoms with van der Waals surface area (Å²) in [6.45, 7) is 0. The summed E-state index contributed by atoms with van der Waals surface area (Å²) in [7, 11) is 1.64. The summed E-state index contributed by atoms with van der Waals surface area (Å²) in [5.41, 5.74) is 2.02. The zero-order chi connectivity index (χ0) is 15.2.